The number of aromatic nitrogens is 1. The van der Waals surface area contributed by atoms with Crippen molar-refractivity contribution < 1.29 is 9.90 Å². The SMILES string of the molecule is CCN(CCO)C(=O)Cn1c2ccccc2c(=O)c2ccccc21. The molecule has 0 aliphatic heterocycles. The number of fused-ring (bicyclic) bond motifs is 2. The number of amides is 1. The van der Waals surface area contributed by atoms with Gasteiger partial charge in [-0.3, -0.25) is 9.59 Å². The van der Waals surface area contributed by atoms with Gasteiger partial charge in [-0.15, -0.1) is 0 Å². The van der Waals surface area contributed by atoms with E-state index in [0.29, 0.717) is 23.9 Å². The summed E-state index contributed by atoms with van der Waals surface area (Å²) in [5.41, 5.74) is 1.47. The molecule has 24 heavy (non-hydrogen) atoms. The number of carbonyl (C=O) groups excluding carboxylic acids is 1. The zero-order valence-electron chi connectivity index (χ0n) is 13.6. The molecule has 0 unspecified atom stereocenters. The standard InChI is InChI=1S/C19H20N2O3/c1-2-20(11-12-22)18(23)13-21-16-9-5-3-7-14(16)19(24)15-8-4-6-10-17(15)21/h3-10,22H,2,11-13H2,1H3. The highest BCUT2D eigenvalue weighted by molar-refractivity contribution is 5.94. The van der Waals surface area contributed by atoms with Gasteiger partial charge >= 0.3 is 0 Å². The summed E-state index contributed by atoms with van der Waals surface area (Å²) in [5, 5.41) is 10.3. The molecule has 0 atom stereocenters. The second kappa shape index (κ2) is 6.84. The van der Waals surface area contributed by atoms with Crippen LogP contribution in [0.4, 0.5) is 0 Å². The summed E-state index contributed by atoms with van der Waals surface area (Å²) < 4.78 is 1.88. The molecule has 1 heterocycles. The van der Waals surface area contributed by atoms with Gasteiger partial charge in [0.05, 0.1) is 17.6 Å². The number of para-hydroxylation sites is 2. The Morgan fingerprint density at radius 1 is 1.04 bits per heavy atom. The van der Waals surface area contributed by atoms with E-state index in [1.54, 1.807) is 17.0 Å². The Bertz CT molecular complexity index is 886. The van der Waals surface area contributed by atoms with Crippen LogP contribution in [0.5, 0.6) is 0 Å². The van der Waals surface area contributed by atoms with Gasteiger partial charge in [0.25, 0.3) is 0 Å². The summed E-state index contributed by atoms with van der Waals surface area (Å²) >= 11 is 0. The van der Waals surface area contributed by atoms with Crippen LogP contribution in [0.2, 0.25) is 0 Å². The van der Waals surface area contributed by atoms with E-state index in [0.717, 1.165) is 11.0 Å². The largest absolute Gasteiger partial charge is 0.395 e. The number of carbonyl (C=O) groups is 1. The van der Waals surface area contributed by atoms with E-state index in [-0.39, 0.29) is 24.5 Å². The fraction of sp³-hybridized carbons (Fsp3) is 0.263. The third-order valence-electron chi connectivity index (χ3n) is 4.28. The van der Waals surface area contributed by atoms with E-state index < -0.39 is 0 Å². The molecule has 5 nitrogen and oxygen atoms in total. The second-order valence-electron chi connectivity index (χ2n) is 5.65. The fourth-order valence-electron chi connectivity index (χ4n) is 3.06. The van der Waals surface area contributed by atoms with Crippen LogP contribution in [0.3, 0.4) is 0 Å². The Balaban J connectivity index is 2.20. The Labute approximate surface area is 139 Å². The Hall–Kier alpha value is -2.66. The van der Waals surface area contributed by atoms with Gasteiger partial charge in [-0.2, -0.15) is 0 Å². The maximum atomic E-state index is 12.7. The van der Waals surface area contributed by atoms with Gasteiger partial charge in [0.15, 0.2) is 5.43 Å². The van der Waals surface area contributed by atoms with Crippen molar-refractivity contribution in [3.8, 4) is 0 Å². The van der Waals surface area contributed by atoms with Crippen LogP contribution in [-0.4, -0.2) is 40.2 Å². The molecule has 0 radical (unpaired) electrons. The highest BCUT2D eigenvalue weighted by Gasteiger charge is 2.16. The molecule has 0 saturated carbocycles. The van der Waals surface area contributed by atoms with Crippen LogP contribution in [0.1, 0.15) is 6.92 Å². The molecule has 1 N–H and O–H groups in total. The molecule has 3 aromatic rings. The average molecular weight is 324 g/mol. The minimum absolute atomic E-state index is 0.0207. The van der Waals surface area contributed by atoms with Gasteiger partial charge in [-0.05, 0) is 31.2 Å². The highest BCUT2D eigenvalue weighted by atomic mass is 16.3. The van der Waals surface area contributed by atoms with Crippen molar-refractivity contribution in [2.75, 3.05) is 19.7 Å². The first-order chi connectivity index (χ1) is 11.7. The molecule has 0 aliphatic carbocycles. The van der Waals surface area contributed by atoms with Crippen LogP contribution in [0, 0.1) is 0 Å². The number of likely N-dealkylation sites (N-methyl/N-ethyl adjacent to an activating group) is 1. The van der Waals surface area contributed by atoms with Crippen molar-refractivity contribution in [1.82, 2.24) is 9.47 Å². The molecule has 3 rings (SSSR count). The normalized spacial score (nSPS) is 11.1. The molecular formula is C19H20N2O3. The number of aliphatic hydroxyl groups is 1. The van der Waals surface area contributed by atoms with Crippen molar-refractivity contribution in [2.45, 2.75) is 13.5 Å². The van der Waals surface area contributed by atoms with Gasteiger partial charge in [0, 0.05) is 23.9 Å². The summed E-state index contributed by atoms with van der Waals surface area (Å²) in [6.07, 6.45) is 0. The smallest absolute Gasteiger partial charge is 0.242 e. The van der Waals surface area contributed by atoms with E-state index in [9.17, 15) is 9.59 Å². The molecule has 0 bridgehead atoms. The summed E-state index contributed by atoms with van der Waals surface area (Å²) in [4.78, 5) is 26.9. The van der Waals surface area contributed by atoms with E-state index in [4.69, 9.17) is 5.11 Å². The molecule has 124 valence electrons. The van der Waals surface area contributed by atoms with Crippen LogP contribution >= 0.6 is 0 Å². The fourth-order valence-corrected chi connectivity index (χ4v) is 3.06. The van der Waals surface area contributed by atoms with Gasteiger partial charge in [0.2, 0.25) is 5.91 Å². The van der Waals surface area contributed by atoms with Crippen molar-refractivity contribution in [3.63, 3.8) is 0 Å². The molecule has 0 fully saturated rings. The third kappa shape index (κ3) is 2.78. The molecule has 0 spiro atoms. The monoisotopic (exact) mass is 324 g/mol. The molecule has 0 aliphatic rings. The van der Waals surface area contributed by atoms with Crippen LogP contribution < -0.4 is 5.43 Å². The molecule has 1 aromatic heterocycles. The van der Waals surface area contributed by atoms with Crippen molar-refractivity contribution >= 4 is 27.7 Å². The zero-order chi connectivity index (χ0) is 17.1. The number of nitrogens with zero attached hydrogens (tertiary/aromatic N) is 2. The Morgan fingerprint density at radius 2 is 1.58 bits per heavy atom. The summed E-state index contributed by atoms with van der Waals surface area (Å²) in [5.74, 6) is -0.0782. The highest BCUT2D eigenvalue weighted by Crippen LogP contribution is 2.19. The van der Waals surface area contributed by atoms with Crippen LogP contribution in [0.15, 0.2) is 53.3 Å². The summed E-state index contributed by atoms with van der Waals surface area (Å²) in [6, 6.07) is 14.7. The lowest BCUT2D eigenvalue weighted by molar-refractivity contribution is -0.132. The number of pyridine rings is 1. The first kappa shape index (κ1) is 16.2. The average Bonchev–Trinajstić information content (AvgIpc) is 2.63. The van der Waals surface area contributed by atoms with Crippen LogP contribution in [-0.2, 0) is 11.3 Å². The quantitative estimate of drug-likeness (QED) is 0.730. The predicted octanol–water partition coefficient (Wildman–Crippen LogP) is 2.00. The minimum Gasteiger partial charge on any atom is -0.395 e. The lowest BCUT2D eigenvalue weighted by Crippen LogP contribution is -2.36. The first-order valence-electron chi connectivity index (χ1n) is 8.06. The maximum Gasteiger partial charge on any atom is 0.242 e. The maximum absolute atomic E-state index is 12.7. The lowest BCUT2D eigenvalue weighted by atomic mass is 10.1. The number of hydrogen-bond acceptors (Lipinski definition) is 3. The number of hydrogen-bond donors (Lipinski definition) is 1. The third-order valence-corrected chi connectivity index (χ3v) is 4.28. The summed E-state index contributed by atoms with van der Waals surface area (Å²) in [7, 11) is 0. The van der Waals surface area contributed by atoms with Crippen LogP contribution in [0.25, 0.3) is 21.8 Å². The molecular weight excluding hydrogens is 304 g/mol. The predicted molar refractivity (Wildman–Crippen MR) is 95.1 cm³/mol. The Kier molecular flexibility index (Phi) is 4.62. The van der Waals surface area contributed by atoms with Crippen molar-refractivity contribution in [2.24, 2.45) is 0 Å². The number of aliphatic hydroxyl groups excluding tert-OH is 1. The summed E-state index contributed by atoms with van der Waals surface area (Å²) in [6.45, 7) is 2.80. The van der Waals surface area contributed by atoms with Crippen molar-refractivity contribution in [3.05, 3.63) is 58.8 Å². The van der Waals surface area contributed by atoms with Gasteiger partial charge < -0.3 is 14.6 Å². The van der Waals surface area contributed by atoms with E-state index >= 15 is 0 Å². The van der Waals surface area contributed by atoms with Gasteiger partial charge in [-0.1, -0.05) is 24.3 Å². The van der Waals surface area contributed by atoms with E-state index in [1.807, 2.05) is 47.9 Å². The lowest BCUT2D eigenvalue weighted by Gasteiger charge is -2.22. The number of rotatable bonds is 5. The van der Waals surface area contributed by atoms with Crippen molar-refractivity contribution in [1.29, 1.82) is 0 Å². The zero-order valence-corrected chi connectivity index (χ0v) is 13.6. The Morgan fingerprint density at radius 3 is 2.08 bits per heavy atom. The topological polar surface area (TPSA) is 62.5 Å². The minimum atomic E-state index is -0.0782. The molecule has 1 amide bonds. The van der Waals surface area contributed by atoms with Gasteiger partial charge in [0.1, 0.15) is 6.54 Å². The molecule has 5 heteroatoms. The number of benzene rings is 2. The van der Waals surface area contributed by atoms with E-state index in [2.05, 4.69) is 0 Å². The second-order valence-corrected chi connectivity index (χ2v) is 5.65. The van der Waals surface area contributed by atoms with Gasteiger partial charge in [-0.25, -0.2) is 0 Å². The van der Waals surface area contributed by atoms with E-state index in [1.165, 1.54) is 0 Å². The molecule has 2 aromatic carbocycles. The molecule has 0 saturated heterocycles. The first-order valence-corrected chi connectivity index (χ1v) is 8.06.